The zero-order valence-electron chi connectivity index (χ0n) is 19.8. The maximum absolute atomic E-state index is 11.4. The number of esters is 1. The molecular formula is C21H43NO9. The first-order chi connectivity index (χ1) is 15.0. The summed E-state index contributed by atoms with van der Waals surface area (Å²) in [6, 6.07) is 0. The molecular weight excluding hydrogens is 410 g/mol. The fourth-order valence-corrected chi connectivity index (χ4v) is 2.02. The van der Waals surface area contributed by atoms with Gasteiger partial charge < -0.3 is 43.2 Å². The van der Waals surface area contributed by atoms with Gasteiger partial charge in [0, 0.05) is 6.54 Å². The van der Waals surface area contributed by atoms with Gasteiger partial charge in [-0.1, -0.05) is 0 Å². The number of likely N-dealkylation sites (N-methyl/N-ethyl adjacent to an activating group) is 1. The third kappa shape index (κ3) is 27.1. The number of nitrogens with one attached hydrogen (secondary N) is 1. The molecule has 10 nitrogen and oxygen atoms in total. The van der Waals surface area contributed by atoms with Gasteiger partial charge in [0.1, 0.15) is 12.2 Å². The number of carbonyl (C=O) groups excluding carboxylic acids is 1. The number of hydrogen-bond donors (Lipinski definition) is 1. The summed E-state index contributed by atoms with van der Waals surface area (Å²) in [5.74, 6) is -0.379. The Kier molecular flexibility index (Phi) is 21.7. The van der Waals surface area contributed by atoms with E-state index in [2.05, 4.69) is 5.32 Å². The molecule has 0 amide bonds. The summed E-state index contributed by atoms with van der Waals surface area (Å²) < 4.78 is 42.6. The van der Waals surface area contributed by atoms with Gasteiger partial charge in [-0.2, -0.15) is 0 Å². The summed E-state index contributed by atoms with van der Waals surface area (Å²) in [5.41, 5.74) is -0.498. The molecule has 0 aromatic rings. The zero-order valence-corrected chi connectivity index (χ0v) is 19.8. The molecule has 31 heavy (non-hydrogen) atoms. The lowest BCUT2D eigenvalue weighted by Crippen LogP contribution is -2.27. The molecule has 0 aliphatic carbocycles. The molecule has 0 rings (SSSR count). The number of ether oxygens (including phenoxy) is 8. The van der Waals surface area contributed by atoms with E-state index in [9.17, 15) is 4.79 Å². The topological polar surface area (TPSA) is 103 Å². The molecule has 0 saturated heterocycles. The Labute approximate surface area is 187 Å². The van der Waals surface area contributed by atoms with E-state index in [0.717, 1.165) is 6.54 Å². The smallest absolute Gasteiger partial charge is 0.332 e. The Hall–Kier alpha value is -0.850. The molecule has 0 atom stereocenters. The predicted octanol–water partition coefficient (Wildman–Crippen LogP) is 0.664. The third-order valence-corrected chi connectivity index (χ3v) is 3.37. The lowest BCUT2D eigenvalue weighted by molar-refractivity contribution is -0.160. The first-order valence-corrected chi connectivity index (χ1v) is 10.9. The van der Waals surface area contributed by atoms with Gasteiger partial charge in [-0.15, -0.1) is 0 Å². The first kappa shape index (κ1) is 30.1. The highest BCUT2D eigenvalue weighted by Gasteiger charge is 2.15. The van der Waals surface area contributed by atoms with Crippen molar-refractivity contribution in [3.63, 3.8) is 0 Å². The standard InChI is InChI=1S/C21H43NO9/c1-21(2,3)31-20(23)19-30-18-17-29-16-15-28-14-13-27-12-11-26-10-9-25-8-7-24-6-5-22-4/h22H,5-19H2,1-4H3. The molecule has 0 aromatic carbocycles. The second-order valence-corrected chi connectivity index (χ2v) is 7.42. The minimum absolute atomic E-state index is 0.0720. The molecule has 10 heteroatoms. The van der Waals surface area contributed by atoms with Crippen LogP contribution in [0.3, 0.4) is 0 Å². The Bertz CT molecular complexity index is 392. The van der Waals surface area contributed by atoms with Crippen LogP contribution < -0.4 is 5.32 Å². The largest absolute Gasteiger partial charge is 0.458 e. The predicted molar refractivity (Wildman–Crippen MR) is 116 cm³/mol. The SMILES string of the molecule is CNCCOCCOCCOCCOCCOCCOCCOCC(=O)OC(C)(C)C. The summed E-state index contributed by atoms with van der Waals surface area (Å²) >= 11 is 0. The molecule has 0 bridgehead atoms. The average Bonchev–Trinajstić information content (AvgIpc) is 2.70. The monoisotopic (exact) mass is 453 g/mol. The minimum Gasteiger partial charge on any atom is -0.458 e. The zero-order chi connectivity index (χ0) is 23.0. The van der Waals surface area contributed by atoms with Crippen molar-refractivity contribution in [2.45, 2.75) is 26.4 Å². The average molecular weight is 454 g/mol. The Balaban J connectivity index is 3.10. The molecule has 0 unspecified atom stereocenters. The molecule has 0 aliphatic rings. The molecule has 186 valence electrons. The Morgan fingerprint density at radius 2 is 0.903 bits per heavy atom. The molecule has 0 saturated carbocycles. The quantitative estimate of drug-likeness (QED) is 0.175. The van der Waals surface area contributed by atoms with Gasteiger partial charge in [0.25, 0.3) is 0 Å². The van der Waals surface area contributed by atoms with E-state index in [1.54, 1.807) is 0 Å². The van der Waals surface area contributed by atoms with Crippen LogP contribution in [0.1, 0.15) is 20.8 Å². The van der Waals surface area contributed by atoms with Crippen molar-refractivity contribution < 1.29 is 42.7 Å². The van der Waals surface area contributed by atoms with Crippen LogP contribution in [0.5, 0.6) is 0 Å². The van der Waals surface area contributed by atoms with E-state index in [-0.39, 0.29) is 12.6 Å². The van der Waals surface area contributed by atoms with E-state index in [0.29, 0.717) is 85.9 Å². The van der Waals surface area contributed by atoms with Crippen molar-refractivity contribution in [3.05, 3.63) is 0 Å². The van der Waals surface area contributed by atoms with Crippen LogP contribution in [0, 0.1) is 0 Å². The Morgan fingerprint density at radius 1 is 0.581 bits per heavy atom. The van der Waals surface area contributed by atoms with Crippen LogP contribution in [0.4, 0.5) is 0 Å². The van der Waals surface area contributed by atoms with Crippen LogP contribution in [-0.4, -0.2) is 118 Å². The molecule has 0 heterocycles. The second-order valence-electron chi connectivity index (χ2n) is 7.42. The minimum atomic E-state index is -0.498. The van der Waals surface area contributed by atoms with Crippen molar-refractivity contribution in [1.82, 2.24) is 5.32 Å². The van der Waals surface area contributed by atoms with Gasteiger partial charge in [-0.25, -0.2) is 4.79 Å². The van der Waals surface area contributed by atoms with Crippen LogP contribution in [0.25, 0.3) is 0 Å². The van der Waals surface area contributed by atoms with E-state index >= 15 is 0 Å². The van der Waals surface area contributed by atoms with Gasteiger partial charge in [0.2, 0.25) is 0 Å². The van der Waals surface area contributed by atoms with E-state index in [1.165, 1.54) is 0 Å². The fourth-order valence-electron chi connectivity index (χ4n) is 2.02. The Morgan fingerprint density at radius 3 is 1.23 bits per heavy atom. The van der Waals surface area contributed by atoms with Gasteiger partial charge in [0.15, 0.2) is 0 Å². The number of hydrogen-bond acceptors (Lipinski definition) is 10. The van der Waals surface area contributed by atoms with Crippen molar-refractivity contribution in [1.29, 1.82) is 0 Å². The molecule has 0 spiro atoms. The van der Waals surface area contributed by atoms with Gasteiger partial charge >= 0.3 is 5.97 Å². The number of carbonyl (C=O) groups is 1. The van der Waals surface area contributed by atoms with Gasteiger partial charge in [0.05, 0.1) is 85.9 Å². The molecule has 0 fully saturated rings. The van der Waals surface area contributed by atoms with Crippen LogP contribution in [-0.2, 0) is 42.7 Å². The summed E-state index contributed by atoms with van der Waals surface area (Å²) in [6.45, 7) is 12.9. The normalized spacial score (nSPS) is 11.7. The summed E-state index contributed by atoms with van der Waals surface area (Å²) in [7, 11) is 1.89. The van der Waals surface area contributed by atoms with Gasteiger partial charge in [-0.05, 0) is 27.8 Å². The van der Waals surface area contributed by atoms with E-state index < -0.39 is 5.60 Å². The van der Waals surface area contributed by atoms with Crippen LogP contribution in [0.2, 0.25) is 0 Å². The summed E-state index contributed by atoms with van der Waals surface area (Å²) in [6.07, 6.45) is 0. The highest BCUT2D eigenvalue weighted by molar-refractivity contribution is 5.71. The van der Waals surface area contributed by atoms with Gasteiger partial charge in [-0.3, -0.25) is 0 Å². The van der Waals surface area contributed by atoms with Crippen molar-refractivity contribution in [2.75, 3.05) is 106 Å². The van der Waals surface area contributed by atoms with Crippen LogP contribution >= 0.6 is 0 Å². The molecule has 1 N–H and O–H groups in total. The second kappa shape index (κ2) is 22.3. The van der Waals surface area contributed by atoms with Crippen molar-refractivity contribution in [2.24, 2.45) is 0 Å². The fraction of sp³-hybridized carbons (Fsp3) is 0.952. The van der Waals surface area contributed by atoms with E-state index in [4.69, 9.17) is 37.9 Å². The van der Waals surface area contributed by atoms with Crippen molar-refractivity contribution in [3.8, 4) is 0 Å². The third-order valence-electron chi connectivity index (χ3n) is 3.37. The molecule has 0 radical (unpaired) electrons. The molecule has 0 aromatic heterocycles. The van der Waals surface area contributed by atoms with Crippen molar-refractivity contribution >= 4 is 5.97 Å². The summed E-state index contributed by atoms with van der Waals surface area (Å²) in [5, 5.41) is 3.01. The first-order valence-electron chi connectivity index (χ1n) is 10.9. The lowest BCUT2D eigenvalue weighted by atomic mass is 10.2. The summed E-state index contributed by atoms with van der Waals surface area (Å²) in [4.78, 5) is 11.4. The van der Waals surface area contributed by atoms with E-state index in [1.807, 2.05) is 27.8 Å². The molecule has 0 aliphatic heterocycles. The number of rotatable bonds is 23. The van der Waals surface area contributed by atoms with Crippen LogP contribution in [0.15, 0.2) is 0 Å². The maximum Gasteiger partial charge on any atom is 0.332 e. The highest BCUT2D eigenvalue weighted by atomic mass is 16.6. The maximum atomic E-state index is 11.4. The highest BCUT2D eigenvalue weighted by Crippen LogP contribution is 2.06. The lowest BCUT2D eigenvalue weighted by Gasteiger charge is -2.19.